The molecule has 82 valence electrons. The van der Waals surface area contributed by atoms with E-state index in [2.05, 4.69) is 48.8 Å². The molecule has 0 heterocycles. The fraction of sp³-hybridized carbons (Fsp3) is 0.833. The molecule has 0 aromatic carbocycles. The smallest absolute Gasteiger partial charge is 0.0197 e. The van der Waals surface area contributed by atoms with Crippen LogP contribution in [0.15, 0.2) is 10.1 Å². The van der Waals surface area contributed by atoms with Crippen molar-refractivity contribution in [3.8, 4) is 0 Å². The van der Waals surface area contributed by atoms with Crippen LogP contribution in [0.25, 0.3) is 0 Å². The lowest BCUT2D eigenvalue weighted by Crippen LogP contribution is -2.21. The van der Waals surface area contributed by atoms with Gasteiger partial charge in [-0.1, -0.05) is 29.8 Å². The van der Waals surface area contributed by atoms with Gasteiger partial charge in [0.15, 0.2) is 0 Å². The maximum atomic E-state index is 3.74. The Morgan fingerprint density at radius 2 is 2.07 bits per heavy atom. The Labute approximate surface area is 96.7 Å². The highest BCUT2D eigenvalue weighted by Gasteiger charge is 2.21. The van der Waals surface area contributed by atoms with E-state index in [0.717, 1.165) is 18.4 Å². The first-order chi connectivity index (χ1) is 6.50. The molecular weight excluding hydrogens is 238 g/mol. The van der Waals surface area contributed by atoms with E-state index >= 15 is 0 Å². The Bertz CT molecular complexity index is 218. The summed E-state index contributed by atoms with van der Waals surface area (Å²) in [6.45, 7) is 5.79. The Morgan fingerprint density at radius 3 is 2.50 bits per heavy atom. The number of halogens is 1. The number of likely N-dealkylation sites (N-methyl/N-ethyl adjacent to an activating group) is 1. The number of hydrogen-bond acceptors (Lipinski definition) is 1. The Morgan fingerprint density at radius 1 is 1.43 bits per heavy atom. The van der Waals surface area contributed by atoms with Crippen molar-refractivity contribution in [1.82, 2.24) is 4.90 Å². The van der Waals surface area contributed by atoms with Crippen molar-refractivity contribution in [1.29, 1.82) is 0 Å². The van der Waals surface area contributed by atoms with Crippen LogP contribution >= 0.6 is 15.9 Å². The maximum Gasteiger partial charge on any atom is 0.0197 e. The molecule has 14 heavy (non-hydrogen) atoms. The van der Waals surface area contributed by atoms with Crippen LogP contribution in [-0.4, -0.2) is 25.5 Å². The van der Waals surface area contributed by atoms with Crippen LogP contribution in [0.2, 0.25) is 0 Å². The summed E-state index contributed by atoms with van der Waals surface area (Å²) in [7, 11) is 4.28. The molecule has 1 aliphatic rings. The number of nitrogens with zero attached hydrogens (tertiary/aromatic N) is 1. The van der Waals surface area contributed by atoms with E-state index in [9.17, 15) is 0 Å². The van der Waals surface area contributed by atoms with E-state index in [1.807, 2.05) is 0 Å². The summed E-state index contributed by atoms with van der Waals surface area (Å²) in [5.74, 6) is 1.71. The molecule has 2 heteroatoms. The van der Waals surface area contributed by atoms with Gasteiger partial charge in [-0.2, -0.15) is 0 Å². The van der Waals surface area contributed by atoms with E-state index in [0.29, 0.717) is 0 Å². The molecule has 1 aliphatic carbocycles. The normalized spacial score (nSPS) is 23.8. The standard InChI is InChI=1S/C12H22BrN/c1-9(2)10-5-6-11(8-14(3)4)12(13)7-10/h9-10H,5-8H2,1-4H3/t10-/m1/s1. The van der Waals surface area contributed by atoms with Crippen LogP contribution in [0.5, 0.6) is 0 Å². The summed E-state index contributed by atoms with van der Waals surface area (Å²) in [6, 6.07) is 0. The highest BCUT2D eigenvalue weighted by Crippen LogP contribution is 2.36. The first kappa shape index (κ1) is 12.3. The van der Waals surface area contributed by atoms with Crippen molar-refractivity contribution in [3.05, 3.63) is 10.1 Å². The number of allylic oxidation sites excluding steroid dienone is 1. The minimum atomic E-state index is 0.823. The summed E-state index contributed by atoms with van der Waals surface area (Å²) >= 11 is 3.74. The Balaban J connectivity index is 2.58. The van der Waals surface area contributed by atoms with Gasteiger partial charge in [0, 0.05) is 6.54 Å². The second-order valence-corrected chi connectivity index (χ2v) is 5.95. The van der Waals surface area contributed by atoms with Crippen LogP contribution < -0.4 is 0 Å². The molecule has 1 rings (SSSR count). The van der Waals surface area contributed by atoms with Gasteiger partial charge in [-0.05, 0) is 55.2 Å². The van der Waals surface area contributed by atoms with Gasteiger partial charge in [-0.15, -0.1) is 0 Å². The lowest BCUT2D eigenvalue weighted by atomic mass is 9.82. The van der Waals surface area contributed by atoms with Crippen molar-refractivity contribution in [2.45, 2.75) is 33.1 Å². The molecule has 0 saturated heterocycles. The summed E-state index contributed by atoms with van der Waals surface area (Å²) < 4.78 is 1.47. The average molecular weight is 260 g/mol. The molecular formula is C12H22BrN. The third-order valence-corrected chi connectivity index (χ3v) is 3.98. The topological polar surface area (TPSA) is 3.24 Å². The monoisotopic (exact) mass is 259 g/mol. The average Bonchev–Trinajstić information content (AvgIpc) is 2.07. The molecule has 0 radical (unpaired) electrons. The van der Waals surface area contributed by atoms with E-state index in [1.54, 1.807) is 5.57 Å². The summed E-state index contributed by atoms with van der Waals surface area (Å²) in [4.78, 5) is 2.26. The van der Waals surface area contributed by atoms with Gasteiger partial charge in [0.2, 0.25) is 0 Å². The molecule has 0 saturated carbocycles. The highest BCUT2D eigenvalue weighted by molar-refractivity contribution is 9.11. The molecule has 1 nitrogen and oxygen atoms in total. The largest absolute Gasteiger partial charge is 0.305 e. The van der Waals surface area contributed by atoms with Crippen LogP contribution in [0.4, 0.5) is 0 Å². The quantitative estimate of drug-likeness (QED) is 0.748. The fourth-order valence-electron chi connectivity index (χ4n) is 2.09. The van der Waals surface area contributed by atoms with Gasteiger partial charge in [0.1, 0.15) is 0 Å². The van der Waals surface area contributed by atoms with Crippen molar-refractivity contribution in [3.63, 3.8) is 0 Å². The van der Waals surface area contributed by atoms with E-state index in [4.69, 9.17) is 0 Å². The minimum Gasteiger partial charge on any atom is -0.305 e. The van der Waals surface area contributed by atoms with E-state index < -0.39 is 0 Å². The van der Waals surface area contributed by atoms with Gasteiger partial charge in [0.25, 0.3) is 0 Å². The predicted molar refractivity (Wildman–Crippen MR) is 66.7 cm³/mol. The van der Waals surface area contributed by atoms with Crippen LogP contribution in [0.3, 0.4) is 0 Å². The summed E-state index contributed by atoms with van der Waals surface area (Å²) in [6.07, 6.45) is 3.90. The molecule has 0 fully saturated rings. The molecule has 0 aromatic rings. The van der Waals surface area contributed by atoms with Crippen molar-refractivity contribution >= 4 is 15.9 Å². The molecule has 0 N–H and O–H groups in total. The number of rotatable bonds is 3. The lowest BCUT2D eigenvalue weighted by Gasteiger charge is -2.28. The lowest BCUT2D eigenvalue weighted by molar-refractivity contribution is 0.337. The second-order valence-electron chi connectivity index (χ2n) is 4.99. The van der Waals surface area contributed by atoms with Gasteiger partial charge in [-0.3, -0.25) is 0 Å². The summed E-state index contributed by atoms with van der Waals surface area (Å²) in [5.41, 5.74) is 1.60. The highest BCUT2D eigenvalue weighted by atomic mass is 79.9. The molecule has 0 bridgehead atoms. The molecule has 1 atom stereocenters. The van der Waals surface area contributed by atoms with Gasteiger partial charge in [-0.25, -0.2) is 0 Å². The molecule has 0 amide bonds. The molecule has 0 aliphatic heterocycles. The van der Waals surface area contributed by atoms with Gasteiger partial charge in [0.05, 0.1) is 0 Å². The Hall–Kier alpha value is 0.180. The minimum absolute atomic E-state index is 0.823. The maximum absolute atomic E-state index is 3.74. The molecule has 0 unspecified atom stereocenters. The fourth-order valence-corrected chi connectivity index (χ4v) is 2.83. The Kier molecular flexibility index (Phi) is 4.65. The molecule has 0 aromatic heterocycles. The number of hydrogen-bond donors (Lipinski definition) is 0. The second kappa shape index (κ2) is 5.32. The van der Waals surface area contributed by atoms with Crippen molar-refractivity contribution < 1.29 is 0 Å². The predicted octanol–water partition coefficient (Wildman–Crippen LogP) is 3.65. The van der Waals surface area contributed by atoms with Crippen LogP contribution in [-0.2, 0) is 0 Å². The zero-order chi connectivity index (χ0) is 10.7. The third kappa shape index (κ3) is 3.39. The SMILES string of the molecule is CC(C)[C@@H]1CCC(CN(C)C)=C(Br)C1. The van der Waals surface area contributed by atoms with Crippen LogP contribution in [0, 0.1) is 11.8 Å². The van der Waals surface area contributed by atoms with Gasteiger partial charge >= 0.3 is 0 Å². The van der Waals surface area contributed by atoms with E-state index in [1.165, 1.54) is 23.7 Å². The summed E-state index contributed by atoms with van der Waals surface area (Å²) in [5, 5.41) is 0. The zero-order valence-electron chi connectivity index (χ0n) is 9.81. The van der Waals surface area contributed by atoms with E-state index in [-0.39, 0.29) is 0 Å². The zero-order valence-corrected chi connectivity index (χ0v) is 11.4. The van der Waals surface area contributed by atoms with Crippen molar-refractivity contribution in [2.75, 3.05) is 20.6 Å². The van der Waals surface area contributed by atoms with Crippen molar-refractivity contribution in [2.24, 2.45) is 11.8 Å². The van der Waals surface area contributed by atoms with Gasteiger partial charge < -0.3 is 4.90 Å². The first-order valence-corrected chi connectivity index (χ1v) is 6.31. The molecule has 0 spiro atoms. The van der Waals surface area contributed by atoms with Crippen LogP contribution in [0.1, 0.15) is 33.1 Å². The first-order valence-electron chi connectivity index (χ1n) is 5.51. The third-order valence-electron chi connectivity index (χ3n) is 3.09.